The molecule has 0 bridgehead atoms. The Morgan fingerprint density at radius 2 is 1.59 bits per heavy atom. The van der Waals surface area contributed by atoms with Crippen LogP contribution >= 0.6 is 0 Å². The molecule has 0 unspecified atom stereocenters. The molecule has 154 valence electrons. The van der Waals surface area contributed by atoms with Crippen LogP contribution in [-0.2, 0) is 20.8 Å². The predicted molar refractivity (Wildman–Crippen MR) is 113 cm³/mol. The van der Waals surface area contributed by atoms with E-state index in [0.29, 0.717) is 12.1 Å². The number of benzene rings is 2. The number of rotatable bonds is 7. The number of nitrogens with one attached hydrogen (secondary N) is 1. The maximum Gasteiger partial charge on any atom is 0.408 e. The molecule has 0 saturated carbocycles. The van der Waals surface area contributed by atoms with Crippen LogP contribution < -0.4 is 5.32 Å². The first kappa shape index (κ1) is 22.1. The Kier molecular flexibility index (Phi) is 7.95. The minimum absolute atomic E-state index is 0.265. The molecular weight excluding hydrogens is 368 g/mol. The van der Waals surface area contributed by atoms with Gasteiger partial charge in [0.05, 0.1) is 5.71 Å². The highest BCUT2D eigenvalue weighted by molar-refractivity contribution is 6.00. The van der Waals surface area contributed by atoms with E-state index in [1.807, 2.05) is 67.6 Å². The molecule has 0 spiro atoms. The highest BCUT2D eigenvalue weighted by Gasteiger charge is 2.26. The van der Waals surface area contributed by atoms with E-state index in [2.05, 4.69) is 10.5 Å². The van der Waals surface area contributed by atoms with Gasteiger partial charge < -0.3 is 14.9 Å². The molecule has 1 amide bonds. The Morgan fingerprint density at radius 3 is 2.14 bits per heavy atom. The van der Waals surface area contributed by atoms with Crippen molar-refractivity contribution in [1.29, 1.82) is 0 Å². The number of ether oxygens (including phenoxy) is 1. The number of nitrogens with zero attached hydrogens (tertiary/aromatic N) is 1. The Morgan fingerprint density at radius 1 is 1.00 bits per heavy atom. The molecule has 0 aliphatic carbocycles. The average molecular weight is 396 g/mol. The van der Waals surface area contributed by atoms with Crippen LogP contribution in [0.1, 0.15) is 45.2 Å². The molecule has 29 heavy (non-hydrogen) atoms. The van der Waals surface area contributed by atoms with E-state index >= 15 is 0 Å². The van der Waals surface area contributed by atoms with Crippen LogP contribution in [0.2, 0.25) is 0 Å². The number of hydrogen-bond donors (Lipinski definition) is 1. The van der Waals surface area contributed by atoms with Crippen molar-refractivity contribution in [2.45, 2.75) is 52.2 Å². The number of hydrogen-bond acceptors (Lipinski definition) is 5. The van der Waals surface area contributed by atoms with E-state index < -0.39 is 23.7 Å². The van der Waals surface area contributed by atoms with Crippen LogP contribution in [0.15, 0.2) is 65.8 Å². The second kappa shape index (κ2) is 10.4. The normalized spacial score (nSPS) is 12.8. The third-order valence-electron chi connectivity index (χ3n) is 3.95. The zero-order chi connectivity index (χ0) is 21.3. The number of oxime groups is 1. The monoisotopic (exact) mass is 396 g/mol. The minimum atomic E-state index is -0.926. The fraction of sp³-hybridized carbons (Fsp3) is 0.348. The fourth-order valence-electron chi connectivity index (χ4n) is 2.61. The van der Waals surface area contributed by atoms with Crippen molar-refractivity contribution < 1.29 is 19.2 Å². The lowest BCUT2D eigenvalue weighted by atomic mass is 10.1. The van der Waals surface area contributed by atoms with Crippen LogP contribution in [0.25, 0.3) is 0 Å². The SMILES string of the molecule is CC/C(=N\OC(=O)[C@H](Cc1ccccc1)NC(=O)OC(C)(C)C)c1ccccc1. The topological polar surface area (TPSA) is 77.0 Å². The first-order valence-corrected chi connectivity index (χ1v) is 9.65. The Bertz CT molecular complexity index is 827. The van der Waals surface area contributed by atoms with Gasteiger partial charge >= 0.3 is 12.1 Å². The van der Waals surface area contributed by atoms with Crippen LogP contribution in [0.5, 0.6) is 0 Å². The van der Waals surface area contributed by atoms with Gasteiger partial charge in [0.25, 0.3) is 0 Å². The molecule has 0 saturated heterocycles. The van der Waals surface area contributed by atoms with Crippen molar-refractivity contribution in [2.75, 3.05) is 0 Å². The molecule has 0 aliphatic rings. The Labute approximate surface area is 171 Å². The van der Waals surface area contributed by atoms with Crippen molar-refractivity contribution in [2.24, 2.45) is 5.16 Å². The molecule has 2 aromatic carbocycles. The van der Waals surface area contributed by atoms with Gasteiger partial charge in [0.1, 0.15) is 11.6 Å². The van der Waals surface area contributed by atoms with Crippen molar-refractivity contribution in [3.63, 3.8) is 0 Å². The van der Waals surface area contributed by atoms with Crippen LogP contribution in [-0.4, -0.2) is 29.4 Å². The standard InChI is InChI=1S/C23H28N2O4/c1-5-19(18-14-10-7-11-15-18)25-29-21(26)20(16-17-12-8-6-9-13-17)24-22(27)28-23(2,3)4/h6-15,20H,5,16H2,1-4H3,(H,24,27)/b25-19+/t20-/m0/s1. The van der Waals surface area contributed by atoms with Gasteiger partial charge in [-0.1, -0.05) is 72.7 Å². The molecule has 2 rings (SSSR count). The summed E-state index contributed by atoms with van der Waals surface area (Å²) < 4.78 is 5.28. The van der Waals surface area contributed by atoms with E-state index in [4.69, 9.17) is 9.57 Å². The molecule has 2 aromatic rings. The van der Waals surface area contributed by atoms with Gasteiger partial charge in [-0.2, -0.15) is 0 Å². The second-order valence-corrected chi connectivity index (χ2v) is 7.56. The van der Waals surface area contributed by atoms with Crippen LogP contribution in [0.4, 0.5) is 4.79 Å². The summed E-state index contributed by atoms with van der Waals surface area (Å²) >= 11 is 0. The van der Waals surface area contributed by atoms with Gasteiger partial charge in [-0.25, -0.2) is 9.59 Å². The lowest BCUT2D eigenvalue weighted by Gasteiger charge is -2.22. The molecule has 0 aromatic heterocycles. The van der Waals surface area contributed by atoms with E-state index in [9.17, 15) is 9.59 Å². The van der Waals surface area contributed by atoms with Gasteiger partial charge in [0.15, 0.2) is 0 Å². The Balaban J connectivity index is 2.14. The third kappa shape index (κ3) is 7.78. The molecular formula is C23H28N2O4. The van der Waals surface area contributed by atoms with Crippen LogP contribution in [0, 0.1) is 0 Å². The lowest BCUT2D eigenvalue weighted by Crippen LogP contribution is -2.45. The van der Waals surface area contributed by atoms with E-state index in [1.165, 1.54) is 0 Å². The highest BCUT2D eigenvalue weighted by Crippen LogP contribution is 2.10. The zero-order valence-corrected chi connectivity index (χ0v) is 17.3. The number of alkyl carbamates (subject to hydrolysis) is 1. The maximum atomic E-state index is 12.7. The summed E-state index contributed by atoms with van der Waals surface area (Å²) in [6.07, 6.45) is 0.180. The summed E-state index contributed by atoms with van der Waals surface area (Å²) in [6.45, 7) is 7.21. The second-order valence-electron chi connectivity index (χ2n) is 7.56. The predicted octanol–water partition coefficient (Wildman–Crippen LogP) is 4.48. The summed E-state index contributed by atoms with van der Waals surface area (Å²) in [4.78, 5) is 30.1. The summed E-state index contributed by atoms with van der Waals surface area (Å²) in [5.41, 5.74) is 1.73. The van der Waals surface area contributed by atoms with Gasteiger partial charge in [-0.3, -0.25) is 0 Å². The maximum absolute atomic E-state index is 12.7. The number of carbonyl (C=O) groups excluding carboxylic acids is 2. The summed E-state index contributed by atoms with van der Waals surface area (Å²) in [5, 5.41) is 6.63. The molecule has 0 fully saturated rings. The van der Waals surface area contributed by atoms with Crippen molar-refractivity contribution in [3.8, 4) is 0 Å². The van der Waals surface area contributed by atoms with E-state index in [0.717, 1.165) is 11.1 Å². The Hall–Kier alpha value is -3.15. The first-order chi connectivity index (χ1) is 13.8. The van der Waals surface area contributed by atoms with Gasteiger partial charge in [0, 0.05) is 6.42 Å². The summed E-state index contributed by atoms with van der Waals surface area (Å²) in [5.74, 6) is -0.651. The number of carbonyl (C=O) groups is 2. The van der Waals surface area contributed by atoms with Gasteiger partial charge in [-0.15, -0.1) is 0 Å². The van der Waals surface area contributed by atoms with Gasteiger partial charge in [0.2, 0.25) is 0 Å². The summed E-state index contributed by atoms with van der Waals surface area (Å²) in [6, 6.07) is 17.9. The van der Waals surface area contributed by atoms with Crippen molar-refractivity contribution in [3.05, 3.63) is 71.8 Å². The summed E-state index contributed by atoms with van der Waals surface area (Å²) in [7, 11) is 0. The molecule has 0 heterocycles. The molecule has 1 atom stereocenters. The van der Waals surface area contributed by atoms with Crippen molar-refractivity contribution >= 4 is 17.8 Å². The molecule has 6 nitrogen and oxygen atoms in total. The molecule has 0 radical (unpaired) electrons. The van der Waals surface area contributed by atoms with Crippen molar-refractivity contribution in [1.82, 2.24) is 5.32 Å². The largest absolute Gasteiger partial charge is 0.444 e. The molecule has 6 heteroatoms. The third-order valence-corrected chi connectivity index (χ3v) is 3.95. The first-order valence-electron chi connectivity index (χ1n) is 9.65. The molecule has 0 aliphatic heterocycles. The van der Waals surface area contributed by atoms with E-state index in [-0.39, 0.29) is 6.42 Å². The highest BCUT2D eigenvalue weighted by atomic mass is 16.7. The fourth-order valence-corrected chi connectivity index (χ4v) is 2.61. The minimum Gasteiger partial charge on any atom is -0.444 e. The van der Waals surface area contributed by atoms with Crippen LogP contribution in [0.3, 0.4) is 0 Å². The molecule has 1 N–H and O–H groups in total. The zero-order valence-electron chi connectivity index (χ0n) is 17.3. The average Bonchev–Trinajstić information content (AvgIpc) is 2.68. The lowest BCUT2D eigenvalue weighted by molar-refractivity contribution is -0.146. The number of amides is 1. The van der Waals surface area contributed by atoms with Gasteiger partial charge in [-0.05, 0) is 38.3 Å². The smallest absolute Gasteiger partial charge is 0.408 e. The quantitative estimate of drug-likeness (QED) is 0.425. The van der Waals surface area contributed by atoms with E-state index in [1.54, 1.807) is 20.8 Å².